The third-order valence-corrected chi connectivity index (χ3v) is 4.03. The van der Waals surface area contributed by atoms with Gasteiger partial charge < -0.3 is 10.6 Å². The molecule has 1 fully saturated rings. The van der Waals surface area contributed by atoms with Crippen molar-refractivity contribution < 1.29 is 4.79 Å². The van der Waals surface area contributed by atoms with Crippen LogP contribution in [-0.4, -0.2) is 23.9 Å². The molecular formula is C16H24N2O. The van der Waals surface area contributed by atoms with E-state index in [4.69, 9.17) is 5.73 Å². The number of benzene rings is 1. The average Bonchev–Trinajstić information content (AvgIpc) is 2.75. The fourth-order valence-corrected chi connectivity index (χ4v) is 2.70. The minimum Gasteiger partial charge on any atom is -0.342 e. The van der Waals surface area contributed by atoms with E-state index in [1.165, 1.54) is 12.8 Å². The third kappa shape index (κ3) is 3.57. The van der Waals surface area contributed by atoms with E-state index in [2.05, 4.69) is 0 Å². The molecule has 3 heteroatoms. The molecule has 1 aliphatic rings. The van der Waals surface area contributed by atoms with Crippen molar-refractivity contribution in [3.63, 3.8) is 0 Å². The summed E-state index contributed by atoms with van der Waals surface area (Å²) in [6.45, 7) is 3.74. The predicted octanol–water partition coefficient (Wildman–Crippen LogP) is 2.73. The lowest BCUT2D eigenvalue weighted by Crippen LogP contribution is -2.39. The summed E-state index contributed by atoms with van der Waals surface area (Å²) in [5.74, 6) is 0.0544. The Morgan fingerprint density at radius 1 is 1.11 bits per heavy atom. The molecule has 2 unspecified atom stereocenters. The second-order valence-corrected chi connectivity index (χ2v) is 5.46. The molecule has 1 aromatic rings. The molecule has 1 aliphatic heterocycles. The molecule has 1 aromatic carbocycles. The lowest BCUT2D eigenvalue weighted by Gasteiger charge is -2.27. The molecule has 1 heterocycles. The molecule has 0 saturated carbocycles. The van der Waals surface area contributed by atoms with Crippen LogP contribution < -0.4 is 5.73 Å². The summed E-state index contributed by atoms with van der Waals surface area (Å²) in [5, 5.41) is 0. The number of nitrogens with two attached hydrogens (primary N) is 1. The average molecular weight is 260 g/mol. The Kier molecular flexibility index (Phi) is 4.97. The first-order valence-corrected chi connectivity index (χ1v) is 7.29. The standard InChI is InChI=1S/C16H24N2O/c1-13(15(17)14-9-5-4-6-10-14)16(19)18-11-7-2-3-8-12-18/h4-6,9-10,13,15H,2-3,7-8,11-12,17H2,1H3. The topological polar surface area (TPSA) is 46.3 Å². The second kappa shape index (κ2) is 6.71. The highest BCUT2D eigenvalue weighted by Gasteiger charge is 2.26. The predicted molar refractivity (Wildman–Crippen MR) is 77.6 cm³/mol. The van der Waals surface area contributed by atoms with E-state index in [0.29, 0.717) is 0 Å². The van der Waals surface area contributed by atoms with Gasteiger partial charge in [0.25, 0.3) is 0 Å². The van der Waals surface area contributed by atoms with Crippen LogP contribution in [-0.2, 0) is 4.79 Å². The summed E-state index contributed by atoms with van der Waals surface area (Å²) in [7, 11) is 0. The molecule has 2 N–H and O–H groups in total. The van der Waals surface area contributed by atoms with Crippen molar-refractivity contribution in [3.05, 3.63) is 35.9 Å². The minimum absolute atomic E-state index is 0.152. The largest absolute Gasteiger partial charge is 0.342 e. The van der Waals surface area contributed by atoms with Crippen LogP contribution >= 0.6 is 0 Å². The first kappa shape index (κ1) is 14.1. The first-order valence-electron chi connectivity index (χ1n) is 7.29. The van der Waals surface area contributed by atoms with Gasteiger partial charge in [-0.2, -0.15) is 0 Å². The Balaban J connectivity index is 2.01. The van der Waals surface area contributed by atoms with Gasteiger partial charge in [-0.1, -0.05) is 50.1 Å². The van der Waals surface area contributed by atoms with Crippen LogP contribution in [0.1, 0.15) is 44.2 Å². The van der Waals surface area contributed by atoms with Crippen LogP contribution in [0.4, 0.5) is 0 Å². The van der Waals surface area contributed by atoms with Crippen LogP contribution in [0.5, 0.6) is 0 Å². The van der Waals surface area contributed by atoms with Gasteiger partial charge in [0, 0.05) is 19.1 Å². The summed E-state index contributed by atoms with van der Waals surface area (Å²) in [5.41, 5.74) is 7.28. The molecule has 0 radical (unpaired) electrons. The van der Waals surface area contributed by atoms with Crippen molar-refractivity contribution in [2.24, 2.45) is 11.7 Å². The molecule has 1 saturated heterocycles. The Morgan fingerprint density at radius 2 is 1.68 bits per heavy atom. The summed E-state index contributed by atoms with van der Waals surface area (Å²) in [4.78, 5) is 14.5. The molecule has 2 rings (SSSR count). The lowest BCUT2D eigenvalue weighted by atomic mass is 9.94. The number of carbonyl (C=O) groups excluding carboxylic acids is 1. The number of rotatable bonds is 3. The Morgan fingerprint density at radius 3 is 2.26 bits per heavy atom. The maximum absolute atomic E-state index is 12.5. The molecular weight excluding hydrogens is 236 g/mol. The molecule has 0 aromatic heterocycles. The fraction of sp³-hybridized carbons (Fsp3) is 0.562. The zero-order chi connectivity index (χ0) is 13.7. The molecule has 104 valence electrons. The van der Waals surface area contributed by atoms with Gasteiger partial charge in [-0.25, -0.2) is 0 Å². The summed E-state index contributed by atoms with van der Waals surface area (Å²) in [6, 6.07) is 9.69. The summed E-state index contributed by atoms with van der Waals surface area (Å²) < 4.78 is 0. The normalized spacial score (nSPS) is 19.6. The van der Waals surface area contributed by atoms with E-state index < -0.39 is 0 Å². The molecule has 2 atom stereocenters. The van der Waals surface area contributed by atoms with Gasteiger partial charge in [-0.15, -0.1) is 0 Å². The monoisotopic (exact) mass is 260 g/mol. The summed E-state index contributed by atoms with van der Waals surface area (Å²) in [6.07, 6.45) is 4.73. The SMILES string of the molecule is CC(C(=O)N1CCCCCC1)C(N)c1ccccc1. The molecule has 0 bridgehead atoms. The number of hydrogen-bond donors (Lipinski definition) is 1. The van der Waals surface area contributed by atoms with Gasteiger partial charge in [-0.3, -0.25) is 4.79 Å². The van der Waals surface area contributed by atoms with Crippen molar-refractivity contribution in [3.8, 4) is 0 Å². The quantitative estimate of drug-likeness (QED) is 0.908. The third-order valence-electron chi connectivity index (χ3n) is 4.03. The van der Waals surface area contributed by atoms with Crippen LogP contribution in [0.15, 0.2) is 30.3 Å². The lowest BCUT2D eigenvalue weighted by molar-refractivity contribution is -0.135. The van der Waals surface area contributed by atoms with E-state index >= 15 is 0 Å². The van der Waals surface area contributed by atoms with E-state index in [1.807, 2.05) is 42.2 Å². The highest BCUT2D eigenvalue weighted by molar-refractivity contribution is 5.79. The van der Waals surface area contributed by atoms with Gasteiger partial charge in [0.2, 0.25) is 5.91 Å². The number of likely N-dealkylation sites (tertiary alicyclic amines) is 1. The van der Waals surface area contributed by atoms with Crippen LogP contribution in [0, 0.1) is 5.92 Å². The molecule has 0 aliphatic carbocycles. The zero-order valence-electron chi connectivity index (χ0n) is 11.7. The van der Waals surface area contributed by atoms with E-state index in [9.17, 15) is 4.79 Å². The minimum atomic E-state index is -0.211. The Labute approximate surface area is 115 Å². The molecule has 0 spiro atoms. The maximum atomic E-state index is 12.5. The van der Waals surface area contributed by atoms with Crippen molar-refractivity contribution in [2.45, 2.75) is 38.6 Å². The highest BCUT2D eigenvalue weighted by atomic mass is 16.2. The summed E-state index contributed by atoms with van der Waals surface area (Å²) >= 11 is 0. The second-order valence-electron chi connectivity index (χ2n) is 5.46. The van der Waals surface area contributed by atoms with Crippen molar-refractivity contribution >= 4 is 5.91 Å². The first-order chi connectivity index (χ1) is 9.20. The van der Waals surface area contributed by atoms with Crippen LogP contribution in [0.3, 0.4) is 0 Å². The van der Waals surface area contributed by atoms with Gasteiger partial charge in [0.1, 0.15) is 0 Å². The Bertz CT molecular complexity index is 396. The highest BCUT2D eigenvalue weighted by Crippen LogP contribution is 2.22. The van der Waals surface area contributed by atoms with Gasteiger partial charge >= 0.3 is 0 Å². The number of carbonyl (C=O) groups is 1. The zero-order valence-corrected chi connectivity index (χ0v) is 11.7. The van der Waals surface area contributed by atoms with Crippen LogP contribution in [0.2, 0.25) is 0 Å². The van der Waals surface area contributed by atoms with Crippen molar-refractivity contribution in [1.82, 2.24) is 4.90 Å². The van der Waals surface area contributed by atoms with Crippen molar-refractivity contribution in [2.75, 3.05) is 13.1 Å². The number of nitrogens with zero attached hydrogens (tertiary/aromatic N) is 1. The Hall–Kier alpha value is -1.35. The van der Waals surface area contributed by atoms with E-state index in [0.717, 1.165) is 31.5 Å². The number of amides is 1. The molecule has 19 heavy (non-hydrogen) atoms. The fourth-order valence-electron chi connectivity index (χ4n) is 2.70. The number of hydrogen-bond acceptors (Lipinski definition) is 2. The van der Waals surface area contributed by atoms with Gasteiger partial charge in [-0.05, 0) is 18.4 Å². The van der Waals surface area contributed by atoms with E-state index in [-0.39, 0.29) is 17.9 Å². The van der Waals surface area contributed by atoms with E-state index in [1.54, 1.807) is 0 Å². The molecule has 3 nitrogen and oxygen atoms in total. The van der Waals surface area contributed by atoms with Crippen LogP contribution in [0.25, 0.3) is 0 Å². The maximum Gasteiger partial charge on any atom is 0.227 e. The van der Waals surface area contributed by atoms with Crippen molar-refractivity contribution in [1.29, 1.82) is 0 Å². The van der Waals surface area contributed by atoms with Gasteiger partial charge in [0.05, 0.1) is 5.92 Å². The molecule has 1 amide bonds. The van der Waals surface area contributed by atoms with Gasteiger partial charge in [0.15, 0.2) is 0 Å². The smallest absolute Gasteiger partial charge is 0.227 e.